The van der Waals surface area contributed by atoms with E-state index in [4.69, 9.17) is 4.74 Å². The first kappa shape index (κ1) is 11.0. The molecule has 1 rings (SSSR count). The Morgan fingerprint density at radius 2 is 2.54 bits per heavy atom. The second-order valence-corrected chi connectivity index (χ2v) is 4.63. The quantitative estimate of drug-likeness (QED) is 0.555. The van der Waals surface area contributed by atoms with Gasteiger partial charge in [0.1, 0.15) is 4.34 Å². The zero-order chi connectivity index (χ0) is 9.36. The second-order valence-electron chi connectivity index (χ2n) is 2.39. The van der Waals surface area contributed by atoms with E-state index in [9.17, 15) is 0 Å². The Morgan fingerprint density at radius 3 is 3.23 bits per heavy atom. The van der Waals surface area contributed by atoms with Crippen LogP contribution in [0, 0.1) is 0 Å². The van der Waals surface area contributed by atoms with Crippen LogP contribution >= 0.6 is 23.1 Å². The van der Waals surface area contributed by atoms with Crippen LogP contribution in [0.4, 0.5) is 0 Å². The second kappa shape index (κ2) is 7.32. The third-order valence-electron chi connectivity index (χ3n) is 1.40. The predicted molar refractivity (Wildman–Crippen MR) is 57.6 cm³/mol. The maximum Gasteiger partial charge on any atom is 0.149 e. The van der Waals surface area contributed by atoms with Crippen molar-refractivity contribution in [2.45, 2.75) is 4.34 Å². The number of thiazole rings is 1. The molecule has 0 aliphatic carbocycles. The van der Waals surface area contributed by atoms with Crippen LogP contribution in [-0.2, 0) is 4.74 Å². The normalized spacial score (nSPS) is 10.5. The number of hydrogen-bond donors (Lipinski definition) is 1. The van der Waals surface area contributed by atoms with E-state index in [-0.39, 0.29) is 0 Å². The van der Waals surface area contributed by atoms with Gasteiger partial charge in [0.25, 0.3) is 0 Å². The van der Waals surface area contributed by atoms with Crippen molar-refractivity contribution in [2.24, 2.45) is 0 Å². The van der Waals surface area contributed by atoms with Crippen LogP contribution < -0.4 is 5.32 Å². The zero-order valence-corrected chi connectivity index (χ0v) is 9.29. The molecule has 0 saturated carbocycles. The monoisotopic (exact) mass is 218 g/mol. The van der Waals surface area contributed by atoms with Gasteiger partial charge >= 0.3 is 0 Å². The molecule has 5 heteroatoms. The van der Waals surface area contributed by atoms with E-state index in [2.05, 4.69) is 10.3 Å². The van der Waals surface area contributed by atoms with Crippen molar-refractivity contribution in [3.8, 4) is 0 Å². The van der Waals surface area contributed by atoms with Crippen molar-refractivity contribution in [1.29, 1.82) is 0 Å². The molecule has 0 radical (unpaired) electrons. The molecule has 1 N–H and O–H groups in total. The first-order valence-electron chi connectivity index (χ1n) is 4.15. The summed E-state index contributed by atoms with van der Waals surface area (Å²) in [6, 6.07) is 0. The third-order valence-corrected chi connectivity index (χ3v) is 3.36. The van der Waals surface area contributed by atoms with Crippen LogP contribution in [0.2, 0.25) is 0 Å². The Hall–Kier alpha value is -0.100. The summed E-state index contributed by atoms with van der Waals surface area (Å²) in [6.07, 6.45) is 1.84. The summed E-state index contributed by atoms with van der Waals surface area (Å²) in [5.74, 6) is 1.07. The number of nitrogens with one attached hydrogen (secondary N) is 1. The topological polar surface area (TPSA) is 34.1 Å². The number of rotatable bonds is 7. The smallest absolute Gasteiger partial charge is 0.149 e. The molecule has 0 bridgehead atoms. The molecule has 1 heterocycles. The molecule has 13 heavy (non-hydrogen) atoms. The number of aromatic nitrogens is 1. The molecule has 0 aliphatic heterocycles. The van der Waals surface area contributed by atoms with Gasteiger partial charge in [-0.15, -0.1) is 11.3 Å². The summed E-state index contributed by atoms with van der Waals surface area (Å²) in [5.41, 5.74) is 0. The van der Waals surface area contributed by atoms with E-state index in [0.29, 0.717) is 0 Å². The van der Waals surface area contributed by atoms with Gasteiger partial charge in [0.15, 0.2) is 0 Å². The largest absolute Gasteiger partial charge is 0.383 e. The average Bonchev–Trinajstić information content (AvgIpc) is 2.63. The molecular weight excluding hydrogens is 204 g/mol. The Balaban J connectivity index is 1.90. The van der Waals surface area contributed by atoms with Gasteiger partial charge in [0.05, 0.1) is 6.61 Å². The zero-order valence-electron chi connectivity index (χ0n) is 7.66. The van der Waals surface area contributed by atoms with Gasteiger partial charge in [-0.25, -0.2) is 4.98 Å². The van der Waals surface area contributed by atoms with Gasteiger partial charge in [0, 0.05) is 37.5 Å². The molecule has 0 amide bonds. The summed E-state index contributed by atoms with van der Waals surface area (Å²) in [5, 5.41) is 5.28. The number of methoxy groups -OCH3 is 1. The fraction of sp³-hybridized carbons (Fsp3) is 0.625. The van der Waals surface area contributed by atoms with Gasteiger partial charge in [-0.2, -0.15) is 0 Å². The molecule has 74 valence electrons. The van der Waals surface area contributed by atoms with Gasteiger partial charge in [-0.05, 0) is 0 Å². The molecular formula is C8H14N2OS2. The minimum Gasteiger partial charge on any atom is -0.383 e. The highest BCUT2D eigenvalue weighted by molar-refractivity contribution is 8.01. The molecule has 0 saturated heterocycles. The fourth-order valence-corrected chi connectivity index (χ4v) is 2.40. The minimum absolute atomic E-state index is 0.780. The molecule has 3 nitrogen and oxygen atoms in total. The lowest BCUT2D eigenvalue weighted by Crippen LogP contribution is -2.21. The summed E-state index contributed by atoms with van der Waals surface area (Å²) in [7, 11) is 1.71. The van der Waals surface area contributed by atoms with E-state index >= 15 is 0 Å². The molecule has 0 unspecified atom stereocenters. The summed E-state index contributed by atoms with van der Waals surface area (Å²) in [6.45, 7) is 2.71. The Bertz CT molecular complexity index is 204. The van der Waals surface area contributed by atoms with Crippen molar-refractivity contribution in [1.82, 2.24) is 10.3 Å². The highest BCUT2D eigenvalue weighted by Crippen LogP contribution is 2.18. The molecule has 0 atom stereocenters. The van der Waals surface area contributed by atoms with Crippen molar-refractivity contribution < 1.29 is 4.74 Å². The highest BCUT2D eigenvalue weighted by Gasteiger charge is 1.94. The third kappa shape index (κ3) is 5.25. The lowest BCUT2D eigenvalue weighted by Gasteiger charge is -2.01. The van der Waals surface area contributed by atoms with Crippen molar-refractivity contribution in [3.05, 3.63) is 11.6 Å². The molecule has 0 aromatic carbocycles. The summed E-state index contributed by atoms with van der Waals surface area (Å²) >= 11 is 3.48. The lowest BCUT2D eigenvalue weighted by molar-refractivity contribution is 0.200. The number of hydrogen-bond acceptors (Lipinski definition) is 5. The van der Waals surface area contributed by atoms with Crippen LogP contribution in [-0.4, -0.2) is 37.5 Å². The first-order valence-corrected chi connectivity index (χ1v) is 6.02. The van der Waals surface area contributed by atoms with E-state index in [1.165, 1.54) is 0 Å². The van der Waals surface area contributed by atoms with Crippen LogP contribution in [0.25, 0.3) is 0 Å². The van der Waals surface area contributed by atoms with Gasteiger partial charge in [-0.3, -0.25) is 0 Å². The van der Waals surface area contributed by atoms with Crippen molar-refractivity contribution in [3.63, 3.8) is 0 Å². The molecule has 0 spiro atoms. The summed E-state index contributed by atoms with van der Waals surface area (Å²) in [4.78, 5) is 4.18. The van der Waals surface area contributed by atoms with Crippen LogP contribution in [0.15, 0.2) is 15.9 Å². The SMILES string of the molecule is COCCNCCSc1nccs1. The van der Waals surface area contributed by atoms with E-state index in [1.807, 2.05) is 11.6 Å². The summed E-state index contributed by atoms with van der Waals surface area (Å²) < 4.78 is 6.06. The van der Waals surface area contributed by atoms with Crippen LogP contribution in [0.3, 0.4) is 0 Å². The van der Waals surface area contributed by atoms with Gasteiger partial charge in [0.2, 0.25) is 0 Å². The van der Waals surface area contributed by atoms with Crippen molar-refractivity contribution in [2.75, 3.05) is 32.6 Å². The van der Waals surface area contributed by atoms with Crippen LogP contribution in [0.1, 0.15) is 0 Å². The molecule has 1 aromatic heterocycles. The minimum atomic E-state index is 0.780. The molecule has 1 aromatic rings. The van der Waals surface area contributed by atoms with E-state index < -0.39 is 0 Å². The number of ether oxygens (including phenoxy) is 1. The van der Waals surface area contributed by atoms with Crippen molar-refractivity contribution >= 4 is 23.1 Å². The Kier molecular flexibility index (Phi) is 6.18. The van der Waals surface area contributed by atoms with Gasteiger partial charge < -0.3 is 10.1 Å². The van der Waals surface area contributed by atoms with E-state index in [1.54, 1.807) is 30.2 Å². The molecule has 0 aliphatic rings. The maximum absolute atomic E-state index is 4.91. The first-order chi connectivity index (χ1) is 6.43. The van der Waals surface area contributed by atoms with E-state index in [0.717, 1.165) is 29.8 Å². The number of thioether (sulfide) groups is 1. The number of nitrogens with zero attached hydrogens (tertiary/aromatic N) is 1. The Morgan fingerprint density at radius 1 is 1.62 bits per heavy atom. The Labute approximate surface area is 86.9 Å². The van der Waals surface area contributed by atoms with Gasteiger partial charge in [-0.1, -0.05) is 11.8 Å². The lowest BCUT2D eigenvalue weighted by atomic mass is 10.6. The predicted octanol–water partition coefficient (Wildman–Crippen LogP) is 1.47. The van der Waals surface area contributed by atoms with Crippen LogP contribution in [0.5, 0.6) is 0 Å². The standard InChI is InChI=1S/C8H14N2OS2/c1-11-5-2-9-3-6-12-8-10-4-7-13-8/h4,7,9H,2-3,5-6H2,1H3. The highest BCUT2D eigenvalue weighted by atomic mass is 32.2. The fourth-order valence-electron chi connectivity index (χ4n) is 0.791. The molecule has 0 fully saturated rings. The maximum atomic E-state index is 4.91. The average molecular weight is 218 g/mol.